The number of esters is 1. The second-order valence-electron chi connectivity index (χ2n) is 5.32. The Labute approximate surface area is 133 Å². The molecule has 0 fully saturated rings. The van der Waals surface area contributed by atoms with Crippen LogP contribution in [-0.2, 0) is 11.2 Å². The van der Waals surface area contributed by atoms with Gasteiger partial charge in [-0.15, -0.1) is 11.3 Å². The zero-order valence-corrected chi connectivity index (χ0v) is 13.4. The van der Waals surface area contributed by atoms with Gasteiger partial charge in [0.05, 0.1) is 18.0 Å². The summed E-state index contributed by atoms with van der Waals surface area (Å²) >= 11 is 1.18. The van der Waals surface area contributed by atoms with Crippen LogP contribution in [0.15, 0.2) is 36.4 Å². The molecule has 0 saturated heterocycles. The topological polar surface area (TPSA) is 46.6 Å². The van der Waals surface area contributed by atoms with E-state index in [1.165, 1.54) is 29.6 Å². The molecule has 0 bridgehead atoms. The summed E-state index contributed by atoms with van der Waals surface area (Å²) in [5.41, 5.74) is 2.54. The monoisotopic (exact) mass is 315 g/mol. The van der Waals surface area contributed by atoms with Crippen LogP contribution in [0.3, 0.4) is 0 Å². The average Bonchev–Trinajstić information content (AvgIpc) is 3.19. The zero-order chi connectivity index (χ0) is 15.7. The molecule has 0 aliphatic heterocycles. The molecule has 22 heavy (non-hydrogen) atoms. The normalized spacial score (nSPS) is 16.2. The number of amides is 1. The summed E-state index contributed by atoms with van der Waals surface area (Å²) in [4.78, 5) is 26.9. The Morgan fingerprint density at radius 2 is 1.91 bits per heavy atom. The van der Waals surface area contributed by atoms with Gasteiger partial charge in [-0.05, 0) is 36.1 Å². The third-order valence-electron chi connectivity index (χ3n) is 4.09. The van der Waals surface area contributed by atoms with E-state index in [2.05, 4.69) is 16.9 Å². The van der Waals surface area contributed by atoms with E-state index in [1.807, 2.05) is 19.2 Å². The van der Waals surface area contributed by atoms with Gasteiger partial charge >= 0.3 is 5.97 Å². The minimum Gasteiger partial charge on any atom is -0.465 e. The van der Waals surface area contributed by atoms with Crippen LogP contribution in [0.25, 0.3) is 0 Å². The van der Waals surface area contributed by atoms with Crippen LogP contribution in [0, 0.1) is 0 Å². The highest BCUT2D eigenvalue weighted by Gasteiger charge is 2.29. The number of rotatable bonds is 3. The summed E-state index contributed by atoms with van der Waals surface area (Å²) in [5, 5.41) is 0. The Morgan fingerprint density at radius 3 is 2.68 bits per heavy atom. The molecule has 1 heterocycles. The van der Waals surface area contributed by atoms with E-state index in [4.69, 9.17) is 0 Å². The predicted molar refractivity (Wildman–Crippen MR) is 85.3 cm³/mol. The standard InChI is InChI=1S/C17H17NO3S/c1-18(13-8-7-11-5-3-4-6-12(11)13)16(19)14-9-10-15(22-14)17(20)21-2/h3-6,9-10,13H,7-8H2,1-2H3. The van der Waals surface area contributed by atoms with Crippen LogP contribution >= 0.6 is 11.3 Å². The Hall–Kier alpha value is -2.14. The number of methoxy groups -OCH3 is 1. The molecule has 3 rings (SSSR count). The fraction of sp³-hybridized carbons (Fsp3) is 0.294. The molecule has 0 saturated carbocycles. The number of benzene rings is 1. The lowest BCUT2D eigenvalue weighted by atomic mass is 10.1. The molecule has 1 aliphatic carbocycles. The number of thiophene rings is 1. The molecule has 1 atom stereocenters. The number of aryl methyl sites for hydroxylation is 1. The minimum atomic E-state index is -0.405. The molecule has 1 aromatic carbocycles. The van der Waals surface area contributed by atoms with Gasteiger partial charge in [0.15, 0.2) is 0 Å². The molecule has 0 radical (unpaired) electrons. The Balaban J connectivity index is 1.81. The maximum absolute atomic E-state index is 12.6. The van der Waals surface area contributed by atoms with Gasteiger partial charge in [-0.1, -0.05) is 24.3 Å². The lowest BCUT2D eigenvalue weighted by molar-refractivity contribution is 0.0606. The van der Waals surface area contributed by atoms with E-state index in [-0.39, 0.29) is 11.9 Å². The van der Waals surface area contributed by atoms with E-state index < -0.39 is 5.97 Å². The number of carbonyl (C=O) groups is 2. The molecular formula is C17H17NO3S. The van der Waals surface area contributed by atoms with Crippen molar-refractivity contribution in [1.82, 2.24) is 4.90 Å². The smallest absolute Gasteiger partial charge is 0.348 e. The highest BCUT2D eigenvalue weighted by molar-refractivity contribution is 7.15. The second-order valence-corrected chi connectivity index (χ2v) is 6.41. The van der Waals surface area contributed by atoms with Gasteiger partial charge in [0.1, 0.15) is 4.88 Å². The summed E-state index contributed by atoms with van der Waals surface area (Å²) in [7, 11) is 3.16. The quantitative estimate of drug-likeness (QED) is 0.817. The molecule has 5 heteroatoms. The van der Waals surface area contributed by atoms with Crippen molar-refractivity contribution < 1.29 is 14.3 Å². The van der Waals surface area contributed by atoms with Gasteiger partial charge in [-0.2, -0.15) is 0 Å². The van der Waals surface area contributed by atoms with Crippen molar-refractivity contribution in [2.24, 2.45) is 0 Å². The maximum atomic E-state index is 12.6. The van der Waals surface area contributed by atoms with Crippen molar-refractivity contribution in [2.45, 2.75) is 18.9 Å². The zero-order valence-electron chi connectivity index (χ0n) is 12.5. The van der Waals surface area contributed by atoms with Gasteiger partial charge in [0, 0.05) is 7.05 Å². The van der Waals surface area contributed by atoms with Gasteiger partial charge in [-0.3, -0.25) is 4.79 Å². The van der Waals surface area contributed by atoms with Crippen LogP contribution in [0.4, 0.5) is 0 Å². The van der Waals surface area contributed by atoms with Crippen molar-refractivity contribution in [1.29, 1.82) is 0 Å². The Bertz CT molecular complexity index is 722. The SMILES string of the molecule is COC(=O)c1ccc(C(=O)N(C)C2CCc3ccccc32)s1. The summed E-state index contributed by atoms with van der Waals surface area (Å²) in [6.07, 6.45) is 1.94. The summed E-state index contributed by atoms with van der Waals surface area (Å²) in [6.45, 7) is 0. The van der Waals surface area contributed by atoms with E-state index >= 15 is 0 Å². The van der Waals surface area contributed by atoms with Gasteiger partial charge in [-0.25, -0.2) is 4.79 Å². The summed E-state index contributed by atoms with van der Waals surface area (Å²) < 4.78 is 4.68. The molecular weight excluding hydrogens is 298 g/mol. The molecule has 0 N–H and O–H groups in total. The lowest BCUT2D eigenvalue weighted by Crippen LogP contribution is -2.29. The molecule has 1 unspecified atom stereocenters. The maximum Gasteiger partial charge on any atom is 0.348 e. The van der Waals surface area contributed by atoms with Crippen LogP contribution in [0.2, 0.25) is 0 Å². The van der Waals surface area contributed by atoms with Crippen molar-refractivity contribution in [2.75, 3.05) is 14.2 Å². The van der Waals surface area contributed by atoms with E-state index in [0.717, 1.165) is 12.8 Å². The lowest BCUT2D eigenvalue weighted by Gasteiger charge is -2.25. The number of nitrogens with zero attached hydrogens (tertiary/aromatic N) is 1. The van der Waals surface area contributed by atoms with Crippen LogP contribution in [-0.4, -0.2) is 30.9 Å². The third-order valence-corrected chi connectivity index (χ3v) is 5.15. The molecule has 1 amide bonds. The first-order valence-corrected chi connectivity index (χ1v) is 7.96. The molecule has 114 valence electrons. The Morgan fingerprint density at radius 1 is 1.18 bits per heavy atom. The van der Waals surface area contributed by atoms with E-state index in [1.54, 1.807) is 17.0 Å². The van der Waals surface area contributed by atoms with Crippen LogP contribution < -0.4 is 0 Å². The van der Waals surface area contributed by atoms with Crippen LogP contribution in [0.1, 0.15) is 42.9 Å². The number of hydrogen-bond acceptors (Lipinski definition) is 4. The summed E-state index contributed by atoms with van der Waals surface area (Å²) in [5.74, 6) is -0.459. The second kappa shape index (κ2) is 5.93. The first-order chi connectivity index (χ1) is 10.6. The van der Waals surface area contributed by atoms with Gasteiger partial charge < -0.3 is 9.64 Å². The first kappa shape index (κ1) is 14.8. The highest BCUT2D eigenvalue weighted by atomic mass is 32.1. The van der Waals surface area contributed by atoms with Gasteiger partial charge in [0.25, 0.3) is 5.91 Å². The molecule has 2 aromatic rings. The largest absolute Gasteiger partial charge is 0.465 e. The molecule has 0 spiro atoms. The number of ether oxygens (including phenoxy) is 1. The van der Waals surface area contributed by atoms with Crippen molar-refractivity contribution in [3.05, 3.63) is 57.3 Å². The van der Waals surface area contributed by atoms with E-state index in [0.29, 0.717) is 9.75 Å². The average molecular weight is 315 g/mol. The molecule has 4 nitrogen and oxygen atoms in total. The fourth-order valence-electron chi connectivity index (χ4n) is 2.92. The fourth-order valence-corrected chi connectivity index (χ4v) is 3.82. The number of fused-ring (bicyclic) bond motifs is 1. The van der Waals surface area contributed by atoms with Crippen molar-refractivity contribution in [3.63, 3.8) is 0 Å². The minimum absolute atomic E-state index is 0.0538. The van der Waals surface area contributed by atoms with Crippen molar-refractivity contribution in [3.8, 4) is 0 Å². The highest BCUT2D eigenvalue weighted by Crippen LogP contribution is 2.36. The van der Waals surface area contributed by atoms with Crippen molar-refractivity contribution >= 4 is 23.2 Å². The van der Waals surface area contributed by atoms with Gasteiger partial charge in [0.2, 0.25) is 0 Å². The predicted octanol–water partition coefficient (Wildman–Crippen LogP) is 3.29. The molecule has 1 aliphatic rings. The first-order valence-electron chi connectivity index (χ1n) is 7.15. The van der Waals surface area contributed by atoms with E-state index in [9.17, 15) is 9.59 Å². The summed E-state index contributed by atoms with van der Waals surface area (Å²) in [6, 6.07) is 11.7. The Kier molecular flexibility index (Phi) is 3.98. The molecule has 1 aromatic heterocycles. The number of hydrogen-bond donors (Lipinski definition) is 0. The van der Waals surface area contributed by atoms with Crippen LogP contribution in [0.5, 0.6) is 0 Å². The third kappa shape index (κ3) is 2.52. The number of carbonyl (C=O) groups excluding carboxylic acids is 2.